The van der Waals surface area contributed by atoms with E-state index in [0.29, 0.717) is 37.6 Å². The first-order valence-electron chi connectivity index (χ1n) is 12.0. The molecule has 202 valence electrons. The van der Waals surface area contributed by atoms with Crippen molar-refractivity contribution in [1.29, 1.82) is 0 Å². The molecular weight excluding hydrogens is 533 g/mol. The van der Waals surface area contributed by atoms with Gasteiger partial charge in [0.2, 0.25) is 0 Å². The molecule has 1 saturated heterocycles. The molecule has 0 spiro atoms. The van der Waals surface area contributed by atoms with E-state index in [-0.39, 0.29) is 27.7 Å². The van der Waals surface area contributed by atoms with E-state index < -0.39 is 21.4 Å². The maximum Gasteiger partial charge on any atom is 0.410 e. The van der Waals surface area contributed by atoms with Gasteiger partial charge in [-0.15, -0.1) is 0 Å². The number of aryl methyl sites for hydroxylation is 1. The van der Waals surface area contributed by atoms with E-state index in [1.807, 2.05) is 25.7 Å². The quantitative estimate of drug-likeness (QED) is 0.462. The lowest BCUT2D eigenvalue weighted by Crippen LogP contribution is -2.50. The molecule has 4 rings (SSSR count). The number of sulfonamides is 1. The molecule has 0 unspecified atom stereocenters. The number of piperazine rings is 1. The van der Waals surface area contributed by atoms with Crippen LogP contribution in [0.2, 0.25) is 5.02 Å². The number of pyridine rings is 2. The SMILES string of the molecule is Cc1ccc(F)cc1-c1nc(NS(=O)(=O)c2cccc(N3CCN(C(=O)OC(C)(C)C)CC3)n2)ccc1Cl. The van der Waals surface area contributed by atoms with Crippen molar-refractivity contribution in [2.75, 3.05) is 35.8 Å². The maximum absolute atomic E-state index is 13.9. The van der Waals surface area contributed by atoms with E-state index in [1.165, 1.54) is 30.3 Å². The molecule has 3 aromatic rings. The minimum Gasteiger partial charge on any atom is -0.444 e. The Kier molecular flexibility index (Phi) is 7.80. The number of anilines is 2. The minimum atomic E-state index is -4.10. The van der Waals surface area contributed by atoms with E-state index in [4.69, 9.17) is 16.3 Å². The fourth-order valence-corrected chi connectivity index (χ4v) is 5.07. The number of nitrogens with zero attached hydrogens (tertiary/aromatic N) is 4. The summed E-state index contributed by atoms with van der Waals surface area (Å²) in [5.74, 6) is 0.0329. The van der Waals surface area contributed by atoms with E-state index in [1.54, 1.807) is 30.0 Å². The summed E-state index contributed by atoms with van der Waals surface area (Å²) in [7, 11) is -4.10. The molecule has 0 bridgehead atoms. The van der Waals surface area contributed by atoms with Gasteiger partial charge in [0.25, 0.3) is 10.0 Å². The number of amides is 1. The number of nitrogens with one attached hydrogen (secondary N) is 1. The number of ether oxygens (including phenoxy) is 1. The topological polar surface area (TPSA) is 105 Å². The van der Waals surface area contributed by atoms with Crippen LogP contribution in [-0.2, 0) is 14.8 Å². The lowest BCUT2D eigenvalue weighted by atomic mass is 10.0. The summed E-state index contributed by atoms with van der Waals surface area (Å²) in [4.78, 5) is 24.6. The molecule has 0 radical (unpaired) electrons. The summed E-state index contributed by atoms with van der Waals surface area (Å²) in [6.45, 7) is 9.00. The van der Waals surface area contributed by atoms with Crippen LogP contribution in [0.4, 0.5) is 20.8 Å². The molecule has 0 saturated carbocycles. The zero-order valence-electron chi connectivity index (χ0n) is 21.5. The molecule has 9 nitrogen and oxygen atoms in total. The van der Waals surface area contributed by atoms with Crippen LogP contribution in [0.15, 0.2) is 53.6 Å². The monoisotopic (exact) mass is 561 g/mol. The molecule has 1 N–H and O–H groups in total. The van der Waals surface area contributed by atoms with Crippen LogP contribution in [0.3, 0.4) is 0 Å². The molecule has 12 heteroatoms. The third-order valence-electron chi connectivity index (χ3n) is 5.78. The Labute approximate surface area is 226 Å². The molecule has 1 aliphatic rings. The van der Waals surface area contributed by atoms with Crippen molar-refractivity contribution >= 4 is 39.4 Å². The number of halogens is 2. The molecule has 1 aliphatic heterocycles. The highest BCUT2D eigenvalue weighted by Crippen LogP contribution is 2.31. The first-order valence-corrected chi connectivity index (χ1v) is 13.8. The number of aromatic nitrogens is 2. The number of carbonyl (C=O) groups excluding carboxylic acids is 1. The fraction of sp³-hybridized carbons (Fsp3) is 0.346. The Morgan fingerprint density at radius 2 is 1.76 bits per heavy atom. The third kappa shape index (κ3) is 6.51. The Morgan fingerprint density at radius 1 is 1.05 bits per heavy atom. The highest BCUT2D eigenvalue weighted by Gasteiger charge is 2.27. The number of hydrogen-bond donors (Lipinski definition) is 1. The predicted molar refractivity (Wildman–Crippen MR) is 144 cm³/mol. The van der Waals surface area contributed by atoms with Crippen molar-refractivity contribution in [1.82, 2.24) is 14.9 Å². The fourth-order valence-electron chi connectivity index (χ4n) is 3.90. The molecule has 0 atom stereocenters. The van der Waals surface area contributed by atoms with Gasteiger partial charge in [-0.3, -0.25) is 4.72 Å². The van der Waals surface area contributed by atoms with Crippen LogP contribution >= 0.6 is 11.6 Å². The lowest BCUT2D eigenvalue weighted by Gasteiger charge is -2.36. The zero-order valence-corrected chi connectivity index (χ0v) is 23.1. The highest BCUT2D eigenvalue weighted by molar-refractivity contribution is 7.92. The van der Waals surface area contributed by atoms with Crippen molar-refractivity contribution in [3.05, 3.63) is 64.9 Å². The van der Waals surface area contributed by atoms with Crippen LogP contribution in [0.5, 0.6) is 0 Å². The van der Waals surface area contributed by atoms with Crippen molar-refractivity contribution in [2.45, 2.75) is 38.3 Å². The van der Waals surface area contributed by atoms with Crippen molar-refractivity contribution < 1.29 is 22.3 Å². The molecule has 1 fully saturated rings. The number of hydrogen-bond acceptors (Lipinski definition) is 7. The van der Waals surface area contributed by atoms with Crippen molar-refractivity contribution in [3.8, 4) is 11.3 Å². The van der Waals surface area contributed by atoms with Crippen LogP contribution in [-0.4, -0.2) is 61.2 Å². The number of benzene rings is 1. The van der Waals surface area contributed by atoms with Gasteiger partial charge < -0.3 is 14.5 Å². The van der Waals surface area contributed by atoms with E-state index >= 15 is 0 Å². The Balaban J connectivity index is 1.50. The van der Waals surface area contributed by atoms with Crippen LogP contribution in [0, 0.1) is 12.7 Å². The van der Waals surface area contributed by atoms with E-state index in [0.717, 1.165) is 5.56 Å². The van der Waals surface area contributed by atoms with Crippen molar-refractivity contribution in [3.63, 3.8) is 0 Å². The minimum absolute atomic E-state index is 0.0197. The summed E-state index contributed by atoms with van der Waals surface area (Å²) < 4.78 is 48.1. The summed E-state index contributed by atoms with van der Waals surface area (Å²) in [5.41, 5.74) is 0.874. The largest absolute Gasteiger partial charge is 0.444 e. The Bertz CT molecular complexity index is 1450. The summed E-state index contributed by atoms with van der Waals surface area (Å²) >= 11 is 6.30. The maximum atomic E-state index is 13.9. The first kappa shape index (κ1) is 27.6. The summed E-state index contributed by atoms with van der Waals surface area (Å²) in [6.07, 6.45) is -0.381. The second-order valence-electron chi connectivity index (χ2n) is 9.88. The van der Waals surface area contributed by atoms with Gasteiger partial charge >= 0.3 is 6.09 Å². The van der Waals surface area contributed by atoms with E-state index in [9.17, 15) is 17.6 Å². The van der Waals surface area contributed by atoms with Gasteiger partial charge in [-0.2, -0.15) is 8.42 Å². The molecule has 38 heavy (non-hydrogen) atoms. The van der Waals surface area contributed by atoms with Gasteiger partial charge in [-0.25, -0.2) is 19.2 Å². The van der Waals surface area contributed by atoms with E-state index in [2.05, 4.69) is 14.7 Å². The summed E-state index contributed by atoms with van der Waals surface area (Å²) in [6, 6.07) is 11.9. The van der Waals surface area contributed by atoms with Gasteiger partial charge in [-0.05, 0) is 69.7 Å². The smallest absolute Gasteiger partial charge is 0.410 e. The number of rotatable bonds is 5. The van der Waals surface area contributed by atoms with Crippen LogP contribution in [0.25, 0.3) is 11.3 Å². The molecule has 1 amide bonds. The molecule has 3 heterocycles. The van der Waals surface area contributed by atoms with Gasteiger partial charge in [-0.1, -0.05) is 23.7 Å². The normalized spacial score (nSPS) is 14.4. The van der Waals surface area contributed by atoms with Gasteiger partial charge in [0, 0.05) is 31.7 Å². The molecule has 1 aromatic carbocycles. The van der Waals surface area contributed by atoms with Crippen LogP contribution < -0.4 is 9.62 Å². The average molecular weight is 562 g/mol. The molecular formula is C26H29ClFN5O4S. The second kappa shape index (κ2) is 10.7. The second-order valence-corrected chi connectivity index (χ2v) is 11.9. The molecule has 2 aromatic heterocycles. The van der Waals surface area contributed by atoms with Crippen molar-refractivity contribution in [2.24, 2.45) is 0 Å². The molecule has 0 aliphatic carbocycles. The Morgan fingerprint density at radius 3 is 2.45 bits per heavy atom. The van der Waals surface area contributed by atoms with Gasteiger partial charge in [0.1, 0.15) is 23.1 Å². The predicted octanol–water partition coefficient (Wildman–Crippen LogP) is 5.10. The third-order valence-corrected chi connectivity index (χ3v) is 7.34. The van der Waals surface area contributed by atoms with Gasteiger partial charge in [0.05, 0.1) is 10.7 Å². The zero-order chi connectivity index (χ0) is 27.7. The van der Waals surface area contributed by atoms with Crippen LogP contribution in [0.1, 0.15) is 26.3 Å². The highest BCUT2D eigenvalue weighted by atomic mass is 35.5. The summed E-state index contributed by atoms with van der Waals surface area (Å²) in [5, 5.41) is 0.0668. The lowest BCUT2D eigenvalue weighted by molar-refractivity contribution is 0.0240. The standard InChI is InChI=1S/C26H29ClFN5O4S/c1-17-8-9-18(28)16-19(17)24-20(27)10-11-21(29-24)31-38(35,36)23-7-5-6-22(30-23)32-12-14-33(15-13-32)25(34)37-26(2,3)4/h5-11,16H,12-15H2,1-4H3,(H,29,31). The Hall–Kier alpha value is -3.44. The number of carbonyl (C=O) groups is 1. The average Bonchev–Trinajstić information content (AvgIpc) is 2.86. The van der Waals surface area contributed by atoms with Gasteiger partial charge in [0.15, 0.2) is 5.03 Å². The first-order chi connectivity index (χ1) is 17.8.